The highest BCUT2D eigenvalue weighted by Crippen LogP contribution is 2.41. The lowest BCUT2D eigenvalue weighted by molar-refractivity contribution is 0.692. The first-order valence-corrected chi connectivity index (χ1v) is 18.6. The van der Waals surface area contributed by atoms with E-state index in [1.165, 1.54) is 50.3 Å². The summed E-state index contributed by atoms with van der Waals surface area (Å²) >= 11 is 0. The molecule has 260 valence electrons. The first-order chi connectivity index (χ1) is 24.8. The van der Waals surface area contributed by atoms with Crippen molar-refractivity contribution in [3.63, 3.8) is 0 Å². The van der Waals surface area contributed by atoms with E-state index in [0.717, 1.165) is 43.2 Å². The Hall–Kier alpha value is -5.28. The summed E-state index contributed by atoms with van der Waals surface area (Å²) in [6.07, 6.45) is 0. The molecule has 0 saturated carbocycles. The number of benzene rings is 6. The summed E-state index contributed by atoms with van der Waals surface area (Å²) < 4.78 is 0. The van der Waals surface area contributed by atoms with Crippen molar-refractivity contribution in [3.8, 4) is 11.1 Å². The Labute approximate surface area is 306 Å². The first kappa shape index (κ1) is 35.5. The Morgan fingerprint density at radius 2 is 0.608 bits per heavy atom. The lowest BCUT2D eigenvalue weighted by Gasteiger charge is -2.33. The molecule has 51 heavy (non-hydrogen) atoms. The van der Waals surface area contributed by atoms with Crippen LogP contribution >= 0.6 is 0 Å². The van der Waals surface area contributed by atoms with Gasteiger partial charge >= 0.3 is 0 Å². The Bertz CT molecular complexity index is 1870. The zero-order valence-corrected chi connectivity index (χ0v) is 31.5. The van der Waals surface area contributed by atoms with Crippen molar-refractivity contribution in [1.82, 2.24) is 0 Å². The molecule has 0 fully saturated rings. The molecule has 6 aromatic rings. The van der Waals surface area contributed by atoms with Gasteiger partial charge in [0, 0.05) is 60.0 Å². The molecule has 0 amide bonds. The molecule has 3 nitrogen and oxygen atoms in total. The van der Waals surface area contributed by atoms with Gasteiger partial charge in [-0.15, -0.1) is 0 Å². The smallest absolute Gasteiger partial charge is 0.0462 e. The predicted molar refractivity (Wildman–Crippen MR) is 222 cm³/mol. The fraction of sp³-hybridized carbons (Fsp3) is 0.250. The van der Waals surface area contributed by atoms with E-state index in [-0.39, 0.29) is 5.41 Å². The molecular weight excluding hydrogens is 619 g/mol. The van der Waals surface area contributed by atoms with Crippen molar-refractivity contribution in [2.24, 2.45) is 0 Å². The van der Waals surface area contributed by atoms with Crippen molar-refractivity contribution < 1.29 is 0 Å². The van der Waals surface area contributed by atoms with Crippen LogP contribution in [0.3, 0.4) is 0 Å². The van der Waals surface area contributed by atoms with Crippen LogP contribution < -0.4 is 14.7 Å². The van der Waals surface area contributed by atoms with Gasteiger partial charge in [-0.1, -0.05) is 96.1 Å². The van der Waals surface area contributed by atoms with Crippen LogP contribution in [0.5, 0.6) is 0 Å². The van der Waals surface area contributed by atoms with E-state index >= 15 is 0 Å². The SMILES string of the molecule is CCN(CC)c1ccc(C(C)(c2ccc(-c3ccc(N(c4ccc(C)cc4)c4ccc(C)cc4)cc3)cc2)c2ccc(N(CC)CC)cc2)cc1. The summed E-state index contributed by atoms with van der Waals surface area (Å²) in [4.78, 5) is 7.13. The van der Waals surface area contributed by atoms with Crippen molar-refractivity contribution in [2.45, 2.75) is 53.9 Å². The molecule has 0 heterocycles. The molecule has 0 atom stereocenters. The molecule has 0 spiro atoms. The second-order valence-electron chi connectivity index (χ2n) is 13.7. The molecule has 0 aliphatic heterocycles. The summed E-state index contributed by atoms with van der Waals surface area (Å²) in [6.45, 7) is 19.5. The zero-order chi connectivity index (χ0) is 36.0. The molecule has 0 aliphatic carbocycles. The molecule has 0 saturated heterocycles. The van der Waals surface area contributed by atoms with Crippen LogP contribution in [0.4, 0.5) is 28.4 Å². The van der Waals surface area contributed by atoms with Crippen LogP contribution in [0.2, 0.25) is 0 Å². The van der Waals surface area contributed by atoms with Crippen LogP contribution in [-0.4, -0.2) is 26.2 Å². The van der Waals surface area contributed by atoms with E-state index in [0.29, 0.717) is 0 Å². The Morgan fingerprint density at radius 3 is 0.922 bits per heavy atom. The molecular formula is C48H53N3. The highest BCUT2D eigenvalue weighted by Gasteiger charge is 2.31. The lowest BCUT2D eigenvalue weighted by Crippen LogP contribution is -2.27. The van der Waals surface area contributed by atoms with Crippen molar-refractivity contribution in [2.75, 3.05) is 40.9 Å². The standard InChI is InChI=1S/C48H53N3/c1-8-49(9-2)43-32-22-41(23-33-43)48(7,42-24-34-44(35-25-42)50(10-3)11-4)40-20-16-38(17-21-40)39-18-30-47(31-19-39)51(45-26-12-36(5)13-27-45)46-28-14-37(6)15-29-46/h12-35H,8-11H2,1-7H3. The van der Waals surface area contributed by atoms with Crippen molar-refractivity contribution in [1.29, 1.82) is 0 Å². The number of rotatable bonds is 13. The number of hydrogen-bond donors (Lipinski definition) is 0. The molecule has 0 aromatic heterocycles. The van der Waals surface area contributed by atoms with Crippen molar-refractivity contribution >= 4 is 28.4 Å². The maximum atomic E-state index is 2.40. The first-order valence-electron chi connectivity index (χ1n) is 18.6. The van der Waals surface area contributed by atoms with Crippen LogP contribution in [0, 0.1) is 13.8 Å². The van der Waals surface area contributed by atoms with Crippen LogP contribution in [0.25, 0.3) is 11.1 Å². The van der Waals surface area contributed by atoms with Gasteiger partial charge in [-0.05, 0) is 137 Å². The van der Waals surface area contributed by atoms with E-state index in [2.05, 4.69) is 209 Å². The van der Waals surface area contributed by atoms with Gasteiger partial charge < -0.3 is 14.7 Å². The molecule has 0 radical (unpaired) electrons. The van der Waals surface area contributed by atoms with E-state index in [9.17, 15) is 0 Å². The minimum Gasteiger partial charge on any atom is -0.372 e. The third-order valence-electron chi connectivity index (χ3n) is 10.7. The summed E-state index contributed by atoms with van der Waals surface area (Å²) in [5.41, 5.74) is 14.4. The maximum absolute atomic E-state index is 2.40. The molecule has 0 aliphatic rings. The second-order valence-corrected chi connectivity index (χ2v) is 13.7. The fourth-order valence-electron chi connectivity index (χ4n) is 7.32. The van der Waals surface area contributed by atoms with Gasteiger partial charge in [0.05, 0.1) is 0 Å². The van der Waals surface area contributed by atoms with E-state index in [4.69, 9.17) is 0 Å². The number of aryl methyl sites for hydroxylation is 2. The number of hydrogen-bond acceptors (Lipinski definition) is 3. The average Bonchev–Trinajstić information content (AvgIpc) is 3.18. The zero-order valence-electron chi connectivity index (χ0n) is 31.5. The van der Waals surface area contributed by atoms with Gasteiger partial charge in [-0.3, -0.25) is 0 Å². The number of anilines is 5. The van der Waals surface area contributed by atoms with Gasteiger partial charge in [0.25, 0.3) is 0 Å². The van der Waals surface area contributed by atoms with Gasteiger partial charge in [-0.2, -0.15) is 0 Å². The molecule has 6 rings (SSSR count). The minimum absolute atomic E-state index is 0.325. The molecule has 0 bridgehead atoms. The van der Waals surface area contributed by atoms with Crippen molar-refractivity contribution in [3.05, 3.63) is 173 Å². The van der Waals surface area contributed by atoms with Gasteiger partial charge in [0.2, 0.25) is 0 Å². The molecule has 3 heteroatoms. The highest BCUT2D eigenvalue weighted by molar-refractivity contribution is 5.78. The van der Waals surface area contributed by atoms with E-state index in [1.54, 1.807) is 0 Å². The van der Waals surface area contributed by atoms with Gasteiger partial charge in [0.1, 0.15) is 0 Å². The van der Waals surface area contributed by atoms with E-state index in [1.807, 2.05) is 0 Å². The summed E-state index contributed by atoms with van der Waals surface area (Å²) in [7, 11) is 0. The molecule has 0 unspecified atom stereocenters. The average molecular weight is 672 g/mol. The highest BCUT2D eigenvalue weighted by atomic mass is 15.1. The summed E-state index contributed by atoms with van der Waals surface area (Å²) in [5.74, 6) is 0. The minimum atomic E-state index is -0.325. The van der Waals surface area contributed by atoms with Gasteiger partial charge in [-0.25, -0.2) is 0 Å². The Kier molecular flexibility index (Phi) is 11.0. The maximum Gasteiger partial charge on any atom is 0.0462 e. The largest absolute Gasteiger partial charge is 0.372 e. The second kappa shape index (κ2) is 15.7. The number of nitrogens with zero attached hydrogens (tertiary/aromatic N) is 3. The predicted octanol–water partition coefficient (Wildman–Crippen LogP) is 12.5. The summed E-state index contributed by atoms with van der Waals surface area (Å²) in [6, 6.07) is 54.2. The normalized spacial score (nSPS) is 11.4. The summed E-state index contributed by atoms with van der Waals surface area (Å²) in [5, 5.41) is 0. The Morgan fingerprint density at radius 1 is 0.353 bits per heavy atom. The van der Waals surface area contributed by atoms with Crippen LogP contribution in [-0.2, 0) is 5.41 Å². The van der Waals surface area contributed by atoms with Crippen LogP contribution in [0.1, 0.15) is 62.4 Å². The lowest BCUT2D eigenvalue weighted by atomic mass is 9.71. The monoisotopic (exact) mass is 671 g/mol. The fourth-order valence-corrected chi connectivity index (χ4v) is 7.32. The Balaban J connectivity index is 1.35. The van der Waals surface area contributed by atoms with Crippen LogP contribution in [0.15, 0.2) is 146 Å². The molecule has 0 N–H and O–H groups in total. The topological polar surface area (TPSA) is 9.72 Å². The van der Waals surface area contributed by atoms with E-state index < -0.39 is 0 Å². The quantitative estimate of drug-likeness (QED) is 0.113. The third kappa shape index (κ3) is 7.44. The molecule has 6 aromatic carbocycles. The third-order valence-corrected chi connectivity index (χ3v) is 10.7. The van der Waals surface area contributed by atoms with Gasteiger partial charge in [0.15, 0.2) is 0 Å².